The van der Waals surface area contributed by atoms with Crippen LogP contribution in [0.3, 0.4) is 0 Å². The Bertz CT molecular complexity index is 785. The van der Waals surface area contributed by atoms with Crippen LogP contribution in [0.25, 0.3) is 11.3 Å². The van der Waals surface area contributed by atoms with Crippen LogP contribution in [0, 0.1) is 6.92 Å². The van der Waals surface area contributed by atoms with Gasteiger partial charge in [-0.25, -0.2) is 4.98 Å². The van der Waals surface area contributed by atoms with E-state index in [4.69, 9.17) is 4.74 Å². The van der Waals surface area contributed by atoms with Gasteiger partial charge in [0.05, 0.1) is 18.8 Å². The molecule has 2 aromatic heterocycles. The lowest BCUT2D eigenvalue weighted by atomic mass is 10.1. The first-order valence-electron chi connectivity index (χ1n) is 7.33. The summed E-state index contributed by atoms with van der Waals surface area (Å²) in [7, 11) is 1.65. The summed E-state index contributed by atoms with van der Waals surface area (Å²) in [5, 5.41) is 15.0. The summed E-state index contributed by atoms with van der Waals surface area (Å²) < 4.78 is 5.36. The minimum atomic E-state index is 0.0973. The summed E-state index contributed by atoms with van der Waals surface area (Å²) in [6, 6.07) is 11.7. The molecule has 0 fully saturated rings. The van der Waals surface area contributed by atoms with Crippen molar-refractivity contribution in [2.24, 2.45) is 0 Å². The minimum Gasteiger partial charge on any atom is -0.496 e. The van der Waals surface area contributed by atoms with Gasteiger partial charge in [-0.15, -0.1) is 21.5 Å². The molecule has 0 bridgehead atoms. The maximum atomic E-state index is 5.36. The van der Waals surface area contributed by atoms with Crippen LogP contribution in [-0.2, 0) is 0 Å². The van der Waals surface area contributed by atoms with Crippen LogP contribution in [0.15, 0.2) is 41.8 Å². The number of methoxy groups -OCH3 is 1. The normalized spacial score (nSPS) is 12.0. The second-order valence-corrected chi connectivity index (χ2v) is 6.09. The molecule has 0 amide bonds. The molecule has 1 N–H and O–H groups in total. The summed E-state index contributed by atoms with van der Waals surface area (Å²) in [6.07, 6.45) is 0. The van der Waals surface area contributed by atoms with Crippen molar-refractivity contribution in [3.8, 4) is 17.0 Å². The van der Waals surface area contributed by atoms with Crippen LogP contribution in [-0.4, -0.2) is 22.3 Å². The number of aryl methyl sites for hydroxylation is 1. The van der Waals surface area contributed by atoms with Crippen LogP contribution in [0.5, 0.6) is 5.75 Å². The Labute approximate surface area is 139 Å². The predicted octanol–water partition coefficient (Wildman–Crippen LogP) is 4.09. The Morgan fingerprint density at radius 3 is 2.61 bits per heavy atom. The van der Waals surface area contributed by atoms with Gasteiger partial charge in [-0.1, -0.05) is 12.1 Å². The van der Waals surface area contributed by atoms with Crippen molar-refractivity contribution in [2.45, 2.75) is 19.9 Å². The molecule has 3 rings (SSSR count). The Morgan fingerprint density at radius 1 is 1.13 bits per heavy atom. The van der Waals surface area contributed by atoms with E-state index in [1.54, 1.807) is 18.4 Å². The molecule has 5 nitrogen and oxygen atoms in total. The summed E-state index contributed by atoms with van der Waals surface area (Å²) in [6.45, 7) is 4.06. The van der Waals surface area contributed by atoms with Crippen molar-refractivity contribution in [1.82, 2.24) is 15.2 Å². The molecule has 2 heterocycles. The predicted molar refractivity (Wildman–Crippen MR) is 92.9 cm³/mol. The first kappa shape index (κ1) is 15.4. The Hall–Kier alpha value is -2.47. The van der Waals surface area contributed by atoms with Gasteiger partial charge in [0.2, 0.25) is 0 Å². The highest BCUT2D eigenvalue weighted by molar-refractivity contribution is 7.09. The minimum absolute atomic E-state index is 0.0973. The number of para-hydroxylation sites is 1. The van der Waals surface area contributed by atoms with Gasteiger partial charge < -0.3 is 10.1 Å². The summed E-state index contributed by atoms with van der Waals surface area (Å²) >= 11 is 1.64. The van der Waals surface area contributed by atoms with Crippen LogP contribution < -0.4 is 10.1 Å². The molecule has 0 saturated carbocycles. The SMILES string of the molecule is COc1ccccc1-c1ccc(NC(C)c2nc(C)cs2)nn1. The highest BCUT2D eigenvalue weighted by atomic mass is 32.1. The van der Waals surface area contributed by atoms with Crippen molar-refractivity contribution in [2.75, 3.05) is 12.4 Å². The topological polar surface area (TPSA) is 59.9 Å². The Balaban J connectivity index is 1.77. The molecule has 0 radical (unpaired) electrons. The van der Waals surface area contributed by atoms with Crippen LogP contribution >= 0.6 is 11.3 Å². The molecule has 1 aromatic carbocycles. The average molecular weight is 326 g/mol. The first-order chi connectivity index (χ1) is 11.2. The van der Waals surface area contributed by atoms with E-state index in [9.17, 15) is 0 Å². The molecule has 0 aliphatic heterocycles. The summed E-state index contributed by atoms with van der Waals surface area (Å²) in [5.41, 5.74) is 2.75. The zero-order chi connectivity index (χ0) is 16.2. The maximum absolute atomic E-state index is 5.36. The third-order valence-corrected chi connectivity index (χ3v) is 4.56. The number of nitrogens with one attached hydrogen (secondary N) is 1. The second kappa shape index (κ2) is 6.75. The van der Waals surface area contributed by atoms with Crippen molar-refractivity contribution in [3.05, 3.63) is 52.5 Å². The quantitative estimate of drug-likeness (QED) is 0.765. The average Bonchev–Trinajstić information content (AvgIpc) is 3.02. The molecule has 3 aromatic rings. The molecule has 23 heavy (non-hydrogen) atoms. The first-order valence-corrected chi connectivity index (χ1v) is 8.21. The number of benzene rings is 1. The zero-order valence-corrected chi connectivity index (χ0v) is 14.1. The van der Waals surface area contributed by atoms with Crippen LogP contribution in [0.2, 0.25) is 0 Å². The van der Waals surface area contributed by atoms with Crippen molar-refractivity contribution in [3.63, 3.8) is 0 Å². The number of aromatic nitrogens is 3. The van der Waals surface area contributed by atoms with E-state index in [1.165, 1.54) is 0 Å². The lowest BCUT2D eigenvalue weighted by Crippen LogP contribution is -2.08. The zero-order valence-electron chi connectivity index (χ0n) is 13.3. The van der Waals surface area contributed by atoms with Gasteiger partial charge in [-0.05, 0) is 38.1 Å². The molecule has 0 spiro atoms. The number of thiazole rings is 1. The molecular weight excluding hydrogens is 308 g/mol. The molecule has 1 unspecified atom stereocenters. The fourth-order valence-corrected chi connectivity index (χ4v) is 3.07. The standard InChI is InChI=1S/C17H18N4OS/c1-11-10-23-17(18-11)12(2)19-16-9-8-14(20-21-16)13-6-4-5-7-15(13)22-3/h4-10,12H,1-3H3,(H,19,21). The van der Waals surface area contributed by atoms with Gasteiger partial charge in [0, 0.05) is 16.6 Å². The van der Waals surface area contributed by atoms with Crippen molar-refractivity contribution >= 4 is 17.2 Å². The van der Waals surface area contributed by atoms with Crippen molar-refractivity contribution < 1.29 is 4.74 Å². The van der Waals surface area contributed by atoms with Crippen LogP contribution in [0.4, 0.5) is 5.82 Å². The summed E-state index contributed by atoms with van der Waals surface area (Å²) in [4.78, 5) is 4.49. The van der Waals surface area contributed by atoms with Crippen molar-refractivity contribution in [1.29, 1.82) is 0 Å². The van der Waals surface area contributed by atoms with E-state index >= 15 is 0 Å². The third kappa shape index (κ3) is 3.48. The highest BCUT2D eigenvalue weighted by Crippen LogP contribution is 2.28. The van der Waals surface area contributed by atoms with E-state index in [0.717, 1.165) is 33.5 Å². The van der Waals surface area contributed by atoms with E-state index < -0.39 is 0 Å². The lowest BCUT2D eigenvalue weighted by Gasteiger charge is -2.12. The smallest absolute Gasteiger partial charge is 0.149 e. The summed E-state index contributed by atoms with van der Waals surface area (Å²) in [5.74, 6) is 1.51. The second-order valence-electron chi connectivity index (χ2n) is 5.20. The van der Waals surface area contributed by atoms with E-state index in [-0.39, 0.29) is 6.04 Å². The largest absolute Gasteiger partial charge is 0.496 e. The number of anilines is 1. The highest BCUT2D eigenvalue weighted by Gasteiger charge is 2.11. The number of rotatable bonds is 5. The Kier molecular flexibility index (Phi) is 4.52. The van der Waals surface area contributed by atoms with Gasteiger partial charge in [0.1, 0.15) is 16.6 Å². The fourth-order valence-electron chi connectivity index (χ4n) is 2.26. The monoisotopic (exact) mass is 326 g/mol. The number of hydrogen-bond acceptors (Lipinski definition) is 6. The molecular formula is C17H18N4OS. The lowest BCUT2D eigenvalue weighted by molar-refractivity contribution is 0.416. The Morgan fingerprint density at radius 2 is 1.96 bits per heavy atom. The molecule has 6 heteroatoms. The third-order valence-electron chi connectivity index (χ3n) is 3.42. The van der Waals surface area contributed by atoms with E-state index in [1.807, 2.05) is 48.7 Å². The van der Waals surface area contributed by atoms with E-state index in [2.05, 4.69) is 27.4 Å². The maximum Gasteiger partial charge on any atom is 0.149 e. The van der Waals surface area contributed by atoms with Gasteiger partial charge in [-0.3, -0.25) is 0 Å². The van der Waals surface area contributed by atoms with Gasteiger partial charge in [0.15, 0.2) is 0 Å². The van der Waals surface area contributed by atoms with Gasteiger partial charge >= 0.3 is 0 Å². The molecule has 0 saturated heterocycles. The number of hydrogen-bond donors (Lipinski definition) is 1. The number of nitrogens with zero attached hydrogens (tertiary/aromatic N) is 3. The fraction of sp³-hybridized carbons (Fsp3) is 0.235. The molecule has 1 atom stereocenters. The van der Waals surface area contributed by atoms with Gasteiger partial charge in [0.25, 0.3) is 0 Å². The molecule has 0 aliphatic rings. The van der Waals surface area contributed by atoms with Gasteiger partial charge in [-0.2, -0.15) is 0 Å². The number of ether oxygens (including phenoxy) is 1. The van der Waals surface area contributed by atoms with Crippen LogP contribution in [0.1, 0.15) is 23.7 Å². The molecule has 0 aliphatic carbocycles. The van der Waals surface area contributed by atoms with E-state index in [0.29, 0.717) is 0 Å². The molecule has 118 valence electrons.